The zero-order valence-corrected chi connectivity index (χ0v) is 17.8. The fraction of sp³-hybridized carbons (Fsp3) is 0.417. The molecule has 0 aliphatic heterocycles. The normalized spacial score (nSPS) is 22.4. The number of terminal acetylenes is 1. The monoisotopic (exact) mass is 430 g/mol. The van der Waals surface area contributed by atoms with Crippen LogP contribution in [0.4, 0.5) is 11.5 Å². The Morgan fingerprint density at radius 2 is 1.91 bits per heavy atom. The summed E-state index contributed by atoms with van der Waals surface area (Å²) in [5.41, 5.74) is 7.00. The van der Waals surface area contributed by atoms with Gasteiger partial charge in [0, 0.05) is 29.4 Å². The van der Waals surface area contributed by atoms with Gasteiger partial charge in [-0.05, 0) is 62.8 Å². The number of hydrogen-bond acceptors (Lipinski definition) is 5. The topological polar surface area (TPSA) is 126 Å². The predicted molar refractivity (Wildman–Crippen MR) is 121 cm³/mol. The molecule has 8 nitrogen and oxygen atoms in total. The second-order valence-corrected chi connectivity index (χ2v) is 8.66. The molecule has 2 saturated carbocycles. The predicted octanol–water partition coefficient (Wildman–Crippen LogP) is 2.98. The molecule has 0 radical (unpaired) electrons. The van der Waals surface area contributed by atoms with Crippen molar-refractivity contribution in [2.24, 2.45) is 11.7 Å². The van der Waals surface area contributed by atoms with Gasteiger partial charge in [0.05, 0.1) is 18.0 Å². The minimum atomic E-state index is -0.653. The van der Waals surface area contributed by atoms with E-state index in [-0.39, 0.29) is 35.7 Å². The summed E-state index contributed by atoms with van der Waals surface area (Å²) in [4.78, 5) is 24.2. The first kappa shape index (κ1) is 21.5. The smallest absolute Gasteiger partial charge is 0.254 e. The number of nitrogens with one attached hydrogen (secondary N) is 2. The molecule has 32 heavy (non-hydrogen) atoms. The van der Waals surface area contributed by atoms with Gasteiger partial charge in [0.25, 0.3) is 5.91 Å². The lowest BCUT2D eigenvalue weighted by atomic mass is 9.77. The Hall–Kier alpha value is -3.78. The molecule has 4 rings (SSSR count). The summed E-state index contributed by atoms with van der Waals surface area (Å²) in [6.45, 7) is 0. The molecule has 2 fully saturated rings. The summed E-state index contributed by atoms with van der Waals surface area (Å²) in [5.74, 6) is 1.97. The number of rotatable bonds is 7. The summed E-state index contributed by atoms with van der Waals surface area (Å²) < 4.78 is 1.68. The van der Waals surface area contributed by atoms with Crippen LogP contribution in [0, 0.1) is 29.6 Å². The van der Waals surface area contributed by atoms with Crippen molar-refractivity contribution in [3.05, 3.63) is 41.6 Å². The van der Waals surface area contributed by atoms with Crippen molar-refractivity contribution in [3.8, 4) is 18.4 Å². The van der Waals surface area contributed by atoms with E-state index in [0.717, 1.165) is 36.9 Å². The van der Waals surface area contributed by atoms with Gasteiger partial charge in [-0.15, -0.1) is 6.42 Å². The molecule has 2 aliphatic rings. The average Bonchev–Trinajstić information content (AvgIpc) is 3.56. The lowest BCUT2D eigenvalue weighted by Gasteiger charge is -2.39. The number of benzene rings is 1. The second-order valence-electron chi connectivity index (χ2n) is 8.66. The minimum absolute atomic E-state index is 0.0230. The standard InChI is InChI=1S/C24H26N6O2/c1-2-16-3-7-18(8-4-16)27-19-9-11-24(12-10-19,13-14-25)30-15-20(21(26)31)22(29-30)28-23(32)17-5-6-17/h1,3-4,7-8,15,17,19,27H,5-6,9-13H2,(H2,26,31)(H,28,29,32). The lowest BCUT2D eigenvalue weighted by Crippen LogP contribution is -2.41. The van der Waals surface area contributed by atoms with Gasteiger partial charge in [-0.3, -0.25) is 14.3 Å². The van der Waals surface area contributed by atoms with E-state index < -0.39 is 11.4 Å². The third-order valence-electron chi connectivity index (χ3n) is 6.40. The Kier molecular flexibility index (Phi) is 5.87. The van der Waals surface area contributed by atoms with Crippen LogP contribution in [0.2, 0.25) is 0 Å². The van der Waals surface area contributed by atoms with E-state index in [9.17, 15) is 14.9 Å². The lowest BCUT2D eigenvalue weighted by molar-refractivity contribution is -0.117. The molecule has 0 unspecified atom stereocenters. The van der Waals surface area contributed by atoms with Gasteiger partial charge in [-0.2, -0.15) is 10.4 Å². The van der Waals surface area contributed by atoms with E-state index in [1.165, 1.54) is 0 Å². The van der Waals surface area contributed by atoms with E-state index in [2.05, 4.69) is 27.7 Å². The first-order valence-corrected chi connectivity index (χ1v) is 10.8. The SMILES string of the molecule is C#Cc1ccc(NC2CCC(CC#N)(n3cc(C(N)=O)c(NC(=O)C4CC4)n3)CC2)cc1. The van der Waals surface area contributed by atoms with Gasteiger partial charge >= 0.3 is 0 Å². The summed E-state index contributed by atoms with van der Waals surface area (Å²) in [6, 6.07) is 10.3. The number of anilines is 2. The number of carbonyl (C=O) groups is 2. The number of aromatic nitrogens is 2. The third kappa shape index (κ3) is 4.45. The third-order valence-corrected chi connectivity index (χ3v) is 6.40. The summed E-state index contributed by atoms with van der Waals surface area (Å²) in [5, 5.41) is 20.3. The molecule has 1 aromatic carbocycles. The number of nitriles is 1. The largest absolute Gasteiger partial charge is 0.382 e. The fourth-order valence-electron chi connectivity index (χ4n) is 4.29. The Balaban J connectivity index is 1.50. The van der Waals surface area contributed by atoms with Gasteiger partial charge in [0.1, 0.15) is 5.56 Å². The maximum atomic E-state index is 12.2. The van der Waals surface area contributed by atoms with Gasteiger partial charge in [0.15, 0.2) is 5.82 Å². The molecule has 1 aromatic heterocycles. The van der Waals surface area contributed by atoms with Crippen LogP contribution < -0.4 is 16.4 Å². The molecule has 164 valence electrons. The second kappa shape index (κ2) is 8.76. The zero-order valence-electron chi connectivity index (χ0n) is 17.8. The van der Waals surface area contributed by atoms with Crippen LogP contribution >= 0.6 is 0 Å². The van der Waals surface area contributed by atoms with E-state index in [0.29, 0.717) is 12.8 Å². The highest BCUT2D eigenvalue weighted by molar-refractivity contribution is 6.02. The van der Waals surface area contributed by atoms with E-state index in [1.54, 1.807) is 10.9 Å². The quantitative estimate of drug-likeness (QED) is 0.582. The molecule has 0 atom stereocenters. The van der Waals surface area contributed by atoms with Crippen LogP contribution in [0.25, 0.3) is 0 Å². The molecule has 2 aromatic rings. The first-order valence-electron chi connectivity index (χ1n) is 10.8. The van der Waals surface area contributed by atoms with Crippen molar-refractivity contribution in [2.45, 2.75) is 56.5 Å². The van der Waals surface area contributed by atoms with Crippen molar-refractivity contribution in [1.82, 2.24) is 9.78 Å². The summed E-state index contributed by atoms with van der Waals surface area (Å²) in [7, 11) is 0. The number of nitrogens with two attached hydrogens (primary N) is 1. The van der Waals surface area contributed by atoms with Crippen LogP contribution in [0.15, 0.2) is 30.5 Å². The molecular weight excluding hydrogens is 404 g/mol. The molecule has 0 saturated heterocycles. The fourth-order valence-corrected chi connectivity index (χ4v) is 4.29. The molecule has 8 heteroatoms. The molecule has 2 aliphatic carbocycles. The van der Waals surface area contributed by atoms with E-state index in [1.807, 2.05) is 24.3 Å². The maximum Gasteiger partial charge on any atom is 0.254 e. The molecule has 0 bridgehead atoms. The number of carbonyl (C=O) groups excluding carboxylic acids is 2. The summed E-state index contributed by atoms with van der Waals surface area (Å²) in [6.07, 6.45) is 12.0. The van der Waals surface area contributed by atoms with E-state index in [4.69, 9.17) is 12.2 Å². The van der Waals surface area contributed by atoms with Crippen molar-refractivity contribution in [1.29, 1.82) is 5.26 Å². The highest BCUT2D eigenvalue weighted by Crippen LogP contribution is 2.39. The van der Waals surface area contributed by atoms with Gasteiger partial charge in [-0.25, -0.2) is 0 Å². The Labute approximate surface area is 187 Å². The highest BCUT2D eigenvalue weighted by atomic mass is 16.2. The maximum absolute atomic E-state index is 12.2. The van der Waals surface area contributed by atoms with Crippen LogP contribution in [0.5, 0.6) is 0 Å². The number of primary amides is 1. The van der Waals surface area contributed by atoms with Crippen LogP contribution in [-0.2, 0) is 10.3 Å². The minimum Gasteiger partial charge on any atom is -0.382 e. The Morgan fingerprint density at radius 3 is 2.47 bits per heavy atom. The van der Waals surface area contributed by atoms with Gasteiger partial charge in [0.2, 0.25) is 5.91 Å². The van der Waals surface area contributed by atoms with Crippen molar-refractivity contribution >= 4 is 23.3 Å². The number of amides is 2. The van der Waals surface area contributed by atoms with Crippen molar-refractivity contribution in [2.75, 3.05) is 10.6 Å². The molecule has 1 heterocycles. The molecule has 2 amide bonds. The van der Waals surface area contributed by atoms with E-state index >= 15 is 0 Å². The number of hydrogen-bond donors (Lipinski definition) is 3. The number of nitrogens with zero attached hydrogens (tertiary/aromatic N) is 3. The Morgan fingerprint density at radius 1 is 1.22 bits per heavy atom. The van der Waals surface area contributed by atoms with Gasteiger partial charge in [-0.1, -0.05) is 5.92 Å². The first-order chi connectivity index (χ1) is 15.4. The average molecular weight is 431 g/mol. The molecule has 0 spiro atoms. The van der Waals surface area contributed by atoms with Crippen molar-refractivity contribution < 1.29 is 9.59 Å². The summed E-state index contributed by atoms with van der Waals surface area (Å²) >= 11 is 0. The van der Waals surface area contributed by atoms with Crippen molar-refractivity contribution in [3.63, 3.8) is 0 Å². The Bertz CT molecular complexity index is 1090. The molecule has 4 N–H and O–H groups in total. The van der Waals surface area contributed by atoms with Crippen LogP contribution in [0.1, 0.15) is 60.9 Å². The molecular formula is C24H26N6O2. The zero-order chi connectivity index (χ0) is 22.7. The highest BCUT2D eigenvalue weighted by Gasteiger charge is 2.39. The van der Waals surface area contributed by atoms with Gasteiger partial charge < -0.3 is 16.4 Å². The van der Waals surface area contributed by atoms with Crippen LogP contribution in [-0.4, -0.2) is 27.6 Å². The van der Waals surface area contributed by atoms with Crippen LogP contribution in [0.3, 0.4) is 0 Å².